The number of benzene rings is 2. The molecule has 0 fully saturated rings. The molecule has 21 heavy (non-hydrogen) atoms. The number of nitrogens with one attached hydrogen (secondary N) is 1. The molecule has 0 radical (unpaired) electrons. The van der Waals surface area contributed by atoms with E-state index >= 15 is 0 Å². The van der Waals surface area contributed by atoms with Crippen LogP contribution in [0.25, 0.3) is 0 Å². The Balaban J connectivity index is 2.41. The first-order valence-corrected chi connectivity index (χ1v) is 7.87. The third kappa shape index (κ3) is 3.51. The van der Waals surface area contributed by atoms with Gasteiger partial charge in [0.25, 0.3) is 0 Å². The van der Waals surface area contributed by atoms with Crippen LogP contribution in [-0.4, -0.2) is 0 Å². The zero-order valence-corrected chi connectivity index (χ0v) is 14.4. The van der Waals surface area contributed by atoms with E-state index in [9.17, 15) is 8.78 Å². The van der Waals surface area contributed by atoms with E-state index in [-0.39, 0.29) is 16.5 Å². The lowest BCUT2D eigenvalue weighted by Gasteiger charge is -2.20. The van der Waals surface area contributed by atoms with Crippen LogP contribution in [0.1, 0.15) is 22.7 Å². The van der Waals surface area contributed by atoms with Crippen molar-refractivity contribution >= 4 is 31.9 Å². The second-order valence-corrected chi connectivity index (χ2v) is 6.37. The van der Waals surface area contributed by atoms with Gasteiger partial charge in [-0.15, -0.1) is 0 Å². The van der Waals surface area contributed by atoms with Crippen molar-refractivity contribution in [2.45, 2.75) is 19.4 Å². The average Bonchev–Trinajstić information content (AvgIpc) is 2.47. The fraction of sp³-hybridized carbons (Fsp3) is 0.200. The molecule has 0 spiro atoms. The van der Waals surface area contributed by atoms with Crippen LogP contribution < -0.4 is 11.3 Å². The van der Waals surface area contributed by atoms with Gasteiger partial charge in [0.1, 0.15) is 11.6 Å². The zero-order valence-electron chi connectivity index (χ0n) is 11.3. The molecule has 1 unspecified atom stereocenters. The molecule has 0 amide bonds. The summed E-state index contributed by atoms with van der Waals surface area (Å²) in [6, 6.07) is 7.88. The molecule has 1 atom stereocenters. The SMILES string of the molecule is Cc1cccc(C(Cc2c(F)ccc(Br)c2F)NN)c1Br. The molecular formula is C15H14Br2F2N2. The van der Waals surface area contributed by atoms with E-state index in [4.69, 9.17) is 5.84 Å². The zero-order chi connectivity index (χ0) is 15.6. The van der Waals surface area contributed by atoms with Crippen molar-refractivity contribution in [2.24, 2.45) is 5.84 Å². The van der Waals surface area contributed by atoms with E-state index in [0.29, 0.717) is 0 Å². The van der Waals surface area contributed by atoms with Gasteiger partial charge in [-0.1, -0.05) is 34.1 Å². The van der Waals surface area contributed by atoms with E-state index in [0.717, 1.165) is 15.6 Å². The smallest absolute Gasteiger partial charge is 0.143 e. The first-order chi connectivity index (χ1) is 9.95. The largest absolute Gasteiger partial charge is 0.271 e. The molecule has 0 aliphatic carbocycles. The van der Waals surface area contributed by atoms with Gasteiger partial charge < -0.3 is 0 Å². The highest BCUT2D eigenvalue weighted by molar-refractivity contribution is 9.10. The molecule has 2 aromatic rings. The molecule has 0 aliphatic heterocycles. The highest BCUT2D eigenvalue weighted by Crippen LogP contribution is 2.31. The van der Waals surface area contributed by atoms with Gasteiger partial charge in [0.2, 0.25) is 0 Å². The molecule has 6 heteroatoms. The van der Waals surface area contributed by atoms with Crippen LogP contribution in [0.15, 0.2) is 39.3 Å². The predicted molar refractivity (Wildman–Crippen MR) is 86.7 cm³/mol. The minimum Gasteiger partial charge on any atom is -0.271 e. The molecule has 2 nitrogen and oxygen atoms in total. The van der Waals surface area contributed by atoms with Gasteiger partial charge in [0.15, 0.2) is 0 Å². The van der Waals surface area contributed by atoms with Gasteiger partial charge in [-0.05, 0) is 52.5 Å². The second-order valence-electron chi connectivity index (χ2n) is 4.72. The Bertz CT molecular complexity index is 662. The van der Waals surface area contributed by atoms with Gasteiger partial charge >= 0.3 is 0 Å². The summed E-state index contributed by atoms with van der Waals surface area (Å²) >= 11 is 6.57. The molecular weight excluding hydrogens is 406 g/mol. The van der Waals surface area contributed by atoms with Crippen LogP contribution in [0.2, 0.25) is 0 Å². The highest BCUT2D eigenvalue weighted by atomic mass is 79.9. The second kappa shape index (κ2) is 6.96. The Morgan fingerprint density at radius 1 is 1.19 bits per heavy atom. The first-order valence-electron chi connectivity index (χ1n) is 6.29. The highest BCUT2D eigenvalue weighted by Gasteiger charge is 2.20. The van der Waals surface area contributed by atoms with Crippen molar-refractivity contribution in [3.8, 4) is 0 Å². The number of hydrogen-bond donors (Lipinski definition) is 2. The summed E-state index contributed by atoms with van der Waals surface area (Å²) < 4.78 is 29.1. The number of hydrogen-bond acceptors (Lipinski definition) is 2. The lowest BCUT2D eigenvalue weighted by Crippen LogP contribution is -2.30. The monoisotopic (exact) mass is 418 g/mol. The quantitative estimate of drug-likeness (QED) is 0.433. The van der Waals surface area contributed by atoms with Crippen LogP contribution in [0, 0.1) is 18.6 Å². The van der Waals surface area contributed by atoms with Crippen LogP contribution in [0.4, 0.5) is 8.78 Å². The van der Waals surface area contributed by atoms with Crippen LogP contribution in [0.3, 0.4) is 0 Å². The fourth-order valence-corrected chi connectivity index (χ4v) is 3.07. The van der Waals surface area contributed by atoms with Gasteiger partial charge in [-0.2, -0.15) is 0 Å². The van der Waals surface area contributed by atoms with Crippen molar-refractivity contribution in [1.82, 2.24) is 5.43 Å². The summed E-state index contributed by atoms with van der Waals surface area (Å²) in [5.41, 5.74) is 4.52. The lowest BCUT2D eigenvalue weighted by molar-refractivity contribution is 0.497. The van der Waals surface area contributed by atoms with E-state index < -0.39 is 17.7 Å². The molecule has 2 rings (SSSR count). The number of aryl methyl sites for hydroxylation is 1. The molecule has 2 aromatic carbocycles. The maximum atomic E-state index is 14.1. The molecule has 0 heterocycles. The third-order valence-electron chi connectivity index (χ3n) is 3.35. The summed E-state index contributed by atoms with van der Waals surface area (Å²) in [6.45, 7) is 1.95. The van der Waals surface area contributed by atoms with E-state index in [2.05, 4.69) is 37.3 Å². The van der Waals surface area contributed by atoms with Gasteiger partial charge in [-0.25, -0.2) is 8.78 Å². The van der Waals surface area contributed by atoms with Crippen molar-refractivity contribution in [1.29, 1.82) is 0 Å². The topological polar surface area (TPSA) is 38.0 Å². The van der Waals surface area contributed by atoms with E-state index in [1.165, 1.54) is 12.1 Å². The maximum absolute atomic E-state index is 14.1. The summed E-state index contributed by atoms with van der Waals surface area (Å²) in [5.74, 6) is 4.40. The number of nitrogens with two attached hydrogens (primary N) is 1. The van der Waals surface area contributed by atoms with Crippen LogP contribution in [-0.2, 0) is 6.42 Å². The van der Waals surface area contributed by atoms with Crippen molar-refractivity contribution in [3.63, 3.8) is 0 Å². The van der Waals surface area contributed by atoms with E-state index in [1.807, 2.05) is 25.1 Å². The summed E-state index contributed by atoms with van der Waals surface area (Å²) in [4.78, 5) is 0. The fourth-order valence-electron chi connectivity index (χ4n) is 2.16. The first kappa shape index (κ1) is 16.5. The average molecular weight is 420 g/mol. The minimum absolute atomic E-state index is 0.000677. The van der Waals surface area contributed by atoms with Crippen molar-refractivity contribution in [3.05, 3.63) is 67.6 Å². The Hall–Kier alpha value is -0.820. The molecule has 0 aliphatic rings. The summed E-state index contributed by atoms with van der Waals surface area (Å²) in [7, 11) is 0. The maximum Gasteiger partial charge on any atom is 0.143 e. The minimum atomic E-state index is -0.598. The van der Waals surface area contributed by atoms with Crippen LogP contribution in [0.5, 0.6) is 0 Å². The van der Waals surface area contributed by atoms with Crippen molar-refractivity contribution in [2.75, 3.05) is 0 Å². The summed E-state index contributed by atoms with van der Waals surface area (Å²) in [6.07, 6.45) is 0.107. The molecule has 3 N–H and O–H groups in total. The Morgan fingerprint density at radius 3 is 2.57 bits per heavy atom. The number of halogens is 4. The molecule has 0 saturated carbocycles. The van der Waals surface area contributed by atoms with Gasteiger partial charge in [0.05, 0.1) is 10.5 Å². The van der Waals surface area contributed by atoms with Gasteiger partial charge in [-0.3, -0.25) is 11.3 Å². The van der Waals surface area contributed by atoms with Crippen LogP contribution >= 0.6 is 31.9 Å². The number of rotatable bonds is 4. The molecule has 0 aromatic heterocycles. The molecule has 112 valence electrons. The lowest BCUT2D eigenvalue weighted by atomic mass is 9.97. The predicted octanol–water partition coefficient (Wildman–Crippen LogP) is 4.55. The Kier molecular flexibility index (Phi) is 5.48. The molecule has 0 saturated heterocycles. The normalized spacial score (nSPS) is 12.5. The third-order valence-corrected chi connectivity index (χ3v) is 5.04. The van der Waals surface area contributed by atoms with E-state index in [1.54, 1.807) is 0 Å². The Labute approximate surface area is 139 Å². The number of hydrazine groups is 1. The van der Waals surface area contributed by atoms with Crippen molar-refractivity contribution < 1.29 is 8.78 Å². The van der Waals surface area contributed by atoms with Gasteiger partial charge in [0, 0.05) is 10.0 Å². The molecule has 0 bridgehead atoms. The summed E-state index contributed by atoms with van der Waals surface area (Å²) in [5, 5.41) is 0. The Morgan fingerprint density at radius 2 is 1.90 bits per heavy atom. The standard InChI is InChI=1S/C15H14Br2F2N2/c1-8-3-2-4-9(14(8)17)13(21-20)7-10-12(18)6-5-11(16)15(10)19/h2-6,13,21H,7,20H2,1H3.